The minimum absolute atomic E-state index is 0.104. The molecule has 1 saturated heterocycles. The number of halogens is 1. The first-order valence-corrected chi connectivity index (χ1v) is 9.42. The molecule has 1 aliphatic rings. The molecule has 1 N–H and O–H groups in total. The highest BCUT2D eigenvalue weighted by Gasteiger charge is 2.28. The monoisotopic (exact) mass is 410 g/mol. The number of rotatable bonds is 5. The number of epoxide rings is 1. The Balaban J connectivity index is 0.000000501. The fraction of sp³-hybridized carbons (Fsp3) is 0.889. The molecular weight excluding hydrogens is 376 g/mol. The van der Waals surface area contributed by atoms with Gasteiger partial charge in [0.25, 0.3) is 0 Å². The van der Waals surface area contributed by atoms with Gasteiger partial charge in [-0.05, 0) is 41.5 Å². The first-order chi connectivity index (χ1) is 12.1. The molecule has 0 aromatic carbocycles. The number of carbonyl (C=O) groups is 2. The Labute approximate surface area is 167 Å². The SMILES string of the molecule is CN(C[C@H](O)CCl)C(=O)OC(C)(C)C.CN(C[C@H]1CO1)C(=O)OC(C)(C)C. The van der Waals surface area contributed by atoms with Crippen molar-refractivity contribution in [1.82, 2.24) is 9.80 Å². The largest absolute Gasteiger partial charge is 0.444 e. The van der Waals surface area contributed by atoms with Crippen LogP contribution in [0.3, 0.4) is 0 Å². The van der Waals surface area contributed by atoms with Gasteiger partial charge in [0.15, 0.2) is 0 Å². The summed E-state index contributed by atoms with van der Waals surface area (Å²) in [4.78, 5) is 25.6. The molecule has 8 nitrogen and oxygen atoms in total. The molecular formula is C18H35ClN2O6. The normalized spacial score (nSPS) is 17.2. The fourth-order valence-electron chi connectivity index (χ4n) is 1.67. The van der Waals surface area contributed by atoms with Crippen LogP contribution >= 0.6 is 11.6 Å². The second-order valence-corrected chi connectivity index (χ2v) is 8.79. The van der Waals surface area contributed by atoms with Crippen LogP contribution < -0.4 is 0 Å². The average Bonchev–Trinajstić information content (AvgIpc) is 3.28. The minimum Gasteiger partial charge on any atom is -0.444 e. The lowest BCUT2D eigenvalue weighted by molar-refractivity contribution is 0.0222. The Bertz CT molecular complexity index is 471. The van der Waals surface area contributed by atoms with E-state index in [1.54, 1.807) is 39.8 Å². The summed E-state index contributed by atoms with van der Waals surface area (Å²) in [5.41, 5.74) is -0.937. The molecule has 160 valence electrons. The molecule has 9 heteroatoms. The quantitative estimate of drug-likeness (QED) is 0.553. The second-order valence-electron chi connectivity index (χ2n) is 8.49. The van der Waals surface area contributed by atoms with Gasteiger partial charge in [-0.2, -0.15) is 0 Å². The van der Waals surface area contributed by atoms with E-state index in [4.69, 9.17) is 25.8 Å². The van der Waals surface area contributed by atoms with Crippen LogP contribution in [0, 0.1) is 0 Å². The molecule has 1 fully saturated rings. The summed E-state index contributed by atoms with van der Waals surface area (Å²) >= 11 is 5.41. The number of aliphatic hydroxyl groups excluding tert-OH is 1. The number of aliphatic hydroxyl groups is 1. The van der Waals surface area contributed by atoms with Crippen LogP contribution in [0.4, 0.5) is 9.59 Å². The van der Waals surface area contributed by atoms with Crippen molar-refractivity contribution in [1.29, 1.82) is 0 Å². The topological polar surface area (TPSA) is 91.8 Å². The van der Waals surface area contributed by atoms with Crippen molar-refractivity contribution in [3.8, 4) is 0 Å². The van der Waals surface area contributed by atoms with Crippen LogP contribution in [0.2, 0.25) is 0 Å². The number of hydrogen-bond acceptors (Lipinski definition) is 6. The Kier molecular flexibility index (Phi) is 10.4. The highest BCUT2D eigenvalue weighted by molar-refractivity contribution is 6.18. The number of likely N-dealkylation sites (N-methyl/N-ethyl adjacent to an activating group) is 2. The van der Waals surface area contributed by atoms with Crippen molar-refractivity contribution in [2.24, 2.45) is 0 Å². The Morgan fingerprint density at radius 3 is 1.81 bits per heavy atom. The third-order valence-corrected chi connectivity index (χ3v) is 3.31. The molecule has 0 aromatic rings. The fourth-order valence-corrected chi connectivity index (χ4v) is 1.77. The van der Waals surface area contributed by atoms with Gasteiger partial charge in [0.2, 0.25) is 0 Å². The summed E-state index contributed by atoms with van der Waals surface area (Å²) in [5.74, 6) is 0.104. The van der Waals surface area contributed by atoms with E-state index in [9.17, 15) is 14.7 Å². The van der Waals surface area contributed by atoms with Crippen LogP contribution in [0.5, 0.6) is 0 Å². The van der Waals surface area contributed by atoms with Crippen LogP contribution in [0.1, 0.15) is 41.5 Å². The van der Waals surface area contributed by atoms with Gasteiger partial charge in [-0.15, -0.1) is 11.6 Å². The van der Waals surface area contributed by atoms with Crippen molar-refractivity contribution in [3.63, 3.8) is 0 Å². The summed E-state index contributed by atoms with van der Waals surface area (Å²) in [5, 5.41) is 9.19. The average molecular weight is 411 g/mol. The highest BCUT2D eigenvalue weighted by Crippen LogP contribution is 2.13. The standard InChI is InChI=1S/C9H18ClNO3.C9H17NO3/c1-9(2,3)14-8(13)11(4)6-7(12)5-10;1-9(2,3)13-8(11)10(4)5-7-6-12-7/h7,12H,5-6H2,1-4H3;7H,5-6H2,1-4H3/t2*7-/m10/s1. The zero-order valence-corrected chi connectivity index (χ0v) is 18.5. The van der Waals surface area contributed by atoms with Gasteiger partial charge in [-0.25, -0.2) is 9.59 Å². The lowest BCUT2D eigenvalue weighted by Crippen LogP contribution is -2.38. The lowest BCUT2D eigenvalue weighted by atomic mass is 10.2. The van der Waals surface area contributed by atoms with Gasteiger partial charge in [0, 0.05) is 14.1 Å². The summed E-state index contributed by atoms with van der Waals surface area (Å²) in [6, 6.07) is 0. The Morgan fingerprint density at radius 2 is 1.48 bits per heavy atom. The van der Waals surface area contributed by atoms with Crippen molar-refractivity contribution in [3.05, 3.63) is 0 Å². The Hall–Kier alpha value is -1.25. The molecule has 0 radical (unpaired) electrons. The molecule has 1 aliphatic heterocycles. The molecule has 1 rings (SSSR count). The summed E-state index contributed by atoms with van der Waals surface area (Å²) in [6.45, 7) is 12.5. The highest BCUT2D eigenvalue weighted by atomic mass is 35.5. The molecule has 1 heterocycles. The summed E-state index contributed by atoms with van der Waals surface area (Å²) in [7, 11) is 3.28. The van der Waals surface area contributed by atoms with Crippen LogP contribution in [-0.2, 0) is 14.2 Å². The van der Waals surface area contributed by atoms with Gasteiger partial charge >= 0.3 is 12.2 Å². The van der Waals surface area contributed by atoms with Gasteiger partial charge in [0.1, 0.15) is 11.2 Å². The second kappa shape index (κ2) is 10.9. The summed E-state index contributed by atoms with van der Waals surface area (Å²) in [6.07, 6.45) is -1.24. The molecule has 0 bridgehead atoms. The van der Waals surface area contributed by atoms with Crippen molar-refractivity contribution >= 4 is 23.8 Å². The smallest absolute Gasteiger partial charge is 0.410 e. The molecule has 27 heavy (non-hydrogen) atoms. The number of nitrogens with zero attached hydrogens (tertiary/aromatic N) is 2. The van der Waals surface area contributed by atoms with Gasteiger partial charge in [-0.3, -0.25) is 0 Å². The van der Waals surface area contributed by atoms with Crippen LogP contribution in [-0.4, -0.2) is 90.2 Å². The predicted molar refractivity (Wildman–Crippen MR) is 104 cm³/mol. The number of amides is 2. The van der Waals surface area contributed by atoms with Crippen molar-refractivity contribution in [2.45, 2.75) is 65.0 Å². The van der Waals surface area contributed by atoms with E-state index < -0.39 is 23.4 Å². The molecule has 0 spiro atoms. The Morgan fingerprint density at radius 1 is 1.07 bits per heavy atom. The van der Waals surface area contributed by atoms with Crippen LogP contribution in [0.25, 0.3) is 0 Å². The summed E-state index contributed by atoms with van der Waals surface area (Å²) < 4.78 is 15.2. The molecule has 2 amide bonds. The molecule has 0 unspecified atom stereocenters. The van der Waals surface area contributed by atoms with E-state index in [0.29, 0.717) is 6.54 Å². The van der Waals surface area contributed by atoms with E-state index in [0.717, 1.165) is 6.61 Å². The maximum atomic E-state index is 11.4. The lowest BCUT2D eigenvalue weighted by Gasteiger charge is -2.25. The van der Waals surface area contributed by atoms with Crippen molar-refractivity contribution < 1.29 is 28.9 Å². The maximum absolute atomic E-state index is 11.4. The van der Waals surface area contributed by atoms with Gasteiger partial charge in [0.05, 0.1) is 37.8 Å². The zero-order chi connectivity index (χ0) is 21.4. The third-order valence-electron chi connectivity index (χ3n) is 2.95. The molecule has 2 atom stereocenters. The minimum atomic E-state index is -0.714. The van der Waals surface area contributed by atoms with E-state index in [1.807, 2.05) is 20.8 Å². The first kappa shape index (κ1) is 25.8. The van der Waals surface area contributed by atoms with E-state index >= 15 is 0 Å². The number of carbonyl (C=O) groups excluding carboxylic acids is 2. The van der Waals surface area contributed by atoms with E-state index in [-0.39, 0.29) is 24.6 Å². The predicted octanol–water partition coefficient (Wildman–Crippen LogP) is 2.71. The van der Waals surface area contributed by atoms with E-state index in [2.05, 4.69) is 0 Å². The van der Waals surface area contributed by atoms with E-state index in [1.165, 1.54) is 4.90 Å². The van der Waals surface area contributed by atoms with Gasteiger partial charge in [-0.1, -0.05) is 0 Å². The first-order valence-electron chi connectivity index (χ1n) is 8.88. The number of ether oxygens (including phenoxy) is 3. The number of hydrogen-bond donors (Lipinski definition) is 1. The van der Waals surface area contributed by atoms with Crippen molar-refractivity contribution in [2.75, 3.05) is 39.7 Å². The van der Waals surface area contributed by atoms with Gasteiger partial charge < -0.3 is 29.1 Å². The maximum Gasteiger partial charge on any atom is 0.410 e. The molecule has 0 aromatic heterocycles. The zero-order valence-electron chi connectivity index (χ0n) is 17.7. The molecule has 0 saturated carbocycles. The number of alkyl halides is 1. The third kappa shape index (κ3) is 14.5. The molecule has 0 aliphatic carbocycles. The van der Waals surface area contributed by atoms with Crippen LogP contribution in [0.15, 0.2) is 0 Å².